The lowest BCUT2D eigenvalue weighted by Crippen LogP contribution is -2.55. The van der Waals surface area contributed by atoms with Crippen molar-refractivity contribution in [3.8, 4) is 11.5 Å². The topological polar surface area (TPSA) is 46.9 Å². The number of piperidine rings is 1. The van der Waals surface area contributed by atoms with Crippen LogP contribution >= 0.6 is 0 Å². The number of piperazine rings is 1. The van der Waals surface area contributed by atoms with Crippen LogP contribution < -0.4 is 0 Å². The summed E-state index contributed by atoms with van der Waals surface area (Å²) in [5.74, 6) is 0.396. The number of phenols is 2. The molecule has 2 N–H and O–H groups in total. The van der Waals surface area contributed by atoms with E-state index in [1.165, 1.54) is 25.8 Å². The second-order valence-corrected chi connectivity index (χ2v) is 6.07. The molecule has 0 aliphatic carbocycles. The Hall–Kier alpha value is -1.26. The van der Waals surface area contributed by atoms with Crippen molar-refractivity contribution in [2.45, 2.75) is 38.3 Å². The molecular weight excluding hydrogens is 252 g/mol. The number of fused-ring (bicyclic) bond motifs is 1. The minimum Gasteiger partial charge on any atom is -0.507 e. The van der Waals surface area contributed by atoms with E-state index in [1.807, 2.05) is 0 Å². The summed E-state index contributed by atoms with van der Waals surface area (Å²) in [7, 11) is 0. The Labute approximate surface area is 120 Å². The SMILES string of the molecule is CC(c1c(O)cccc1O)N1CCN2CCCCC2C1. The minimum atomic E-state index is 0.0558. The summed E-state index contributed by atoms with van der Waals surface area (Å²) < 4.78 is 0. The number of nitrogens with zero attached hydrogens (tertiary/aromatic N) is 2. The number of hydrogen-bond acceptors (Lipinski definition) is 4. The predicted molar refractivity (Wildman–Crippen MR) is 79.0 cm³/mol. The van der Waals surface area contributed by atoms with Gasteiger partial charge in [-0.15, -0.1) is 0 Å². The van der Waals surface area contributed by atoms with Crippen molar-refractivity contribution in [3.63, 3.8) is 0 Å². The molecule has 0 saturated carbocycles. The van der Waals surface area contributed by atoms with E-state index < -0.39 is 0 Å². The van der Waals surface area contributed by atoms with Crippen LogP contribution in [0, 0.1) is 0 Å². The van der Waals surface area contributed by atoms with Crippen molar-refractivity contribution < 1.29 is 10.2 Å². The Kier molecular flexibility index (Phi) is 3.85. The van der Waals surface area contributed by atoms with Crippen molar-refractivity contribution in [2.75, 3.05) is 26.2 Å². The van der Waals surface area contributed by atoms with Gasteiger partial charge in [0.2, 0.25) is 0 Å². The first-order valence-electron chi connectivity index (χ1n) is 7.66. The molecule has 3 rings (SSSR count). The number of phenolic OH excluding ortho intramolecular Hbond substituents is 2. The second kappa shape index (κ2) is 5.62. The van der Waals surface area contributed by atoms with Crippen LogP contribution in [0.15, 0.2) is 18.2 Å². The van der Waals surface area contributed by atoms with Gasteiger partial charge < -0.3 is 10.2 Å². The van der Waals surface area contributed by atoms with E-state index in [2.05, 4.69) is 16.7 Å². The summed E-state index contributed by atoms with van der Waals surface area (Å²) in [6.45, 7) is 6.45. The van der Waals surface area contributed by atoms with Gasteiger partial charge in [-0.05, 0) is 38.4 Å². The van der Waals surface area contributed by atoms with Crippen LogP contribution in [0.5, 0.6) is 11.5 Å². The zero-order valence-corrected chi connectivity index (χ0v) is 12.1. The highest BCUT2D eigenvalue weighted by Crippen LogP contribution is 2.36. The Balaban J connectivity index is 1.76. The van der Waals surface area contributed by atoms with Crippen LogP contribution in [0.1, 0.15) is 37.8 Å². The largest absolute Gasteiger partial charge is 0.507 e. The fourth-order valence-corrected chi connectivity index (χ4v) is 3.68. The summed E-state index contributed by atoms with van der Waals surface area (Å²) in [5, 5.41) is 20.1. The average Bonchev–Trinajstić information content (AvgIpc) is 2.46. The Morgan fingerprint density at radius 1 is 1.10 bits per heavy atom. The van der Waals surface area contributed by atoms with Gasteiger partial charge in [0.1, 0.15) is 11.5 Å². The summed E-state index contributed by atoms with van der Waals surface area (Å²) in [6.07, 6.45) is 3.92. The third kappa shape index (κ3) is 2.50. The molecule has 0 aromatic heterocycles. The van der Waals surface area contributed by atoms with E-state index in [0.717, 1.165) is 19.6 Å². The number of benzene rings is 1. The van der Waals surface area contributed by atoms with E-state index in [0.29, 0.717) is 11.6 Å². The standard InChI is InChI=1S/C16H24N2O2/c1-12(16-14(19)6-4-7-15(16)20)18-10-9-17-8-3-2-5-13(17)11-18/h4,6-7,12-13,19-20H,2-3,5,8-11H2,1H3. The average molecular weight is 276 g/mol. The summed E-state index contributed by atoms with van der Waals surface area (Å²) in [5.41, 5.74) is 0.664. The van der Waals surface area contributed by atoms with Gasteiger partial charge in [-0.25, -0.2) is 0 Å². The molecule has 1 aromatic rings. The first-order valence-corrected chi connectivity index (χ1v) is 7.66. The molecule has 110 valence electrons. The van der Waals surface area contributed by atoms with Crippen LogP contribution in [0.2, 0.25) is 0 Å². The van der Waals surface area contributed by atoms with Gasteiger partial charge in [-0.1, -0.05) is 12.5 Å². The van der Waals surface area contributed by atoms with Crippen molar-refractivity contribution in [3.05, 3.63) is 23.8 Å². The summed E-state index contributed by atoms with van der Waals surface area (Å²) >= 11 is 0. The highest BCUT2D eigenvalue weighted by atomic mass is 16.3. The van der Waals surface area contributed by atoms with Crippen LogP contribution in [0.3, 0.4) is 0 Å². The van der Waals surface area contributed by atoms with Crippen LogP contribution in [0.25, 0.3) is 0 Å². The van der Waals surface area contributed by atoms with Crippen molar-refractivity contribution in [2.24, 2.45) is 0 Å². The quantitative estimate of drug-likeness (QED) is 0.870. The fourth-order valence-electron chi connectivity index (χ4n) is 3.68. The molecule has 2 heterocycles. The van der Waals surface area contributed by atoms with Gasteiger partial charge in [0.15, 0.2) is 0 Å². The molecule has 1 aromatic carbocycles. The van der Waals surface area contributed by atoms with Gasteiger partial charge in [-0.2, -0.15) is 0 Å². The van der Waals surface area contributed by atoms with Gasteiger partial charge in [-0.3, -0.25) is 9.80 Å². The molecule has 0 bridgehead atoms. The highest BCUT2D eigenvalue weighted by Gasteiger charge is 2.32. The maximum atomic E-state index is 10.0. The van der Waals surface area contributed by atoms with Gasteiger partial charge >= 0.3 is 0 Å². The first-order chi connectivity index (χ1) is 9.66. The van der Waals surface area contributed by atoms with Crippen LogP contribution in [-0.4, -0.2) is 52.2 Å². The van der Waals surface area contributed by atoms with Gasteiger partial charge in [0, 0.05) is 31.7 Å². The monoisotopic (exact) mass is 276 g/mol. The molecule has 2 unspecified atom stereocenters. The Morgan fingerprint density at radius 3 is 2.60 bits per heavy atom. The zero-order valence-electron chi connectivity index (χ0n) is 12.1. The molecule has 2 saturated heterocycles. The molecule has 4 nitrogen and oxygen atoms in total. The normalized spacial score (nSPS) is 26.1. The van der Waals surface area contributed by atoms with E-state index in [1.54, 1.807) is 18.2 Å². The maximum Gasteiger partial charge on any atom is 0.124 e. The maximum absolute atomic E-state index is 10.0. The number of rotatable bonds is 2. The Bertz CT molecular complexity index is 457. The van der Waals surface area contributed by atoms with Crippen molar-refractivity contribution >= 4 is 0 Å². The predicted octanol–water partition coefficient (Wildman–Crippen LogP) is 2.33. The van der Waals surface area contributed by atoms with E-state index in [9.17, 15) is 10.2 Å². The van der Waals surface area contributed by atoms with Crippen molar-refractivity contribution in [1.29, 1.82) is 0 Å². The van der Waals surface area contributed by atoms with Crippen molar-refractivity contribution in [1.82, 2.24) is 9.80 Å². The highest BCUT2D eigenvalue weighted by molar-refractivity contribution is 5.45. The van der Waals surface area contributed by atoms with E-state index in [-0.39, 0.29) is 17.5 Å². The van der Waals surface area contributed by atoms with Gasteiger partial charge in [0.05, 0.1) is 5.56 Å². The third-order valence-corrected chi connectivity index (χ3v) is 4.89. The molecular formula is C16H24N2O2. The zero-order chi connectivity index (χ0) is 14.1. The smallest absolute Gasteiger partial charge is 0.124 e. The van der Waals surface area contributed by atoms with Crippen LogP contribution in [-0.2, 0) is 0 Å². The lowest BCUT2D eigenvalue weighted by molar-refractivity contribution is 0.0298. The minimum absolute atomic E-state index is 0.0558. The van der Waals surface area contributed by atoms with Gasteiger partial charge in [0.25, 0.3) is 0 Å². The third-order valence-electron chi connectivity index (χ3n) is 4.89. The molecule has 20 heavy (non-hydrogen) atoms. The molecule has 0 radical (unpaired) electrons. The molecule has 0 spiro atoms. The molecule has 2 fully saturated rings. The molecule has 2 atom stereocenters. The lowest BCUT2D eigenvalue weighted by atomic mass is 9.97. The summed E-state index contributed by atoms with van der Waals surface area (Å²) in [4.78, 5) is 4.98. The first kappa shape index (κ1) is 13.7. The molecule has 0 amide bonds. The lowest BCUT2D eigenvalue weighted by Gasteiger charge is -2.46. The second-order valence-electron chi connectivity index (χ2n) is 6.07. The molecule has 2 aliphatic heterocycles. The fraction of sp³-hybridized carbons (Fsp3) is 0.625. The Morgan fingerprint density at radius 2 is 1.85 bits per heavy atom. The number of aromatic hydroxyl groups is 2. The summed E-state index contributed by atoms with van der Waals surface area (Å²) in [6, 6.07) is 5.69. The molecule has 4 heteroatoms. The van der Waals surface area contributed by atoms with Crippen LogP contribution in [0.4, 0.5) is 0 Å². The number of hydrogen-bond donors (Lipinski definition) is 2. The van der Waals surface area contributed by atoms with E-state index >= 15 is 0 Å². The molecule has 2 aliphatic rings. The van der Waals surface area contributed by atoms with E-state index in [4.69, 9.17) is 0 Å².